The van der Waals surface area contributed by atoms with Gasteiger partial charge in [-0.3, -0.25) is 0 Å². The molecular formula is C2H6N2O4. The van der Waals surface area contributed by atoms with E-state index in [1.54, 1.807) is 0 Å². The van der Waals surface area contributed by atoms with Crippen molar-refractivity contribution in [2.45, 2.75) is 0 Å². The van der Waals surface area contributed by atoms with E-state index in [0.29, 0.717) is 0 Å². The molecule has 0 aliphatic rings. The van der Waals surface area contributed by atoms with Gasteiger partial charge in [-0.2, -0.15) is 9.59 Å². The lowest BCUT2D eigenvalue weighted by Gasteiger charge is -1.02. The molecule has 0 amide bonds. The zero-order valence-electron chi connectivity index (χ0n) is 3.93. The van der Waals surface area contributed by atoms with Crippen LogP contribution in [0.1, 0.15) is 0 Å². The quantitative estimate of drug-likeness (QED) is 0.302. The predicted octanol–water partition coefficient (Wildman–Crippen LogP) is -1.35. The van der Waals surface area contributed by atoms with Crippen LogP contribution in [-0.4, -0.2) is 17.7 Å². The van der Waals surface area contributed by atoms with E-state index in [4.69, 9.17) is 19.8 Å². The fourth-order valence-corrected chi connectivity index (χ4v) is 0. The van der Waals surface area contributed by atoms with Gasteiger partial charge in [0, 0.05) is 0 Å². The minimum Gasteiger partial charge on any atom is -0.412 e. The predicted molar refractivity (Wildman–Crippen MR) is 22.1 cm³/mol. The van der Waals surface area contributed by atoms with Crippen molar-refractivity contribution in [3.05, 3.63) is 0 Å². The number of rotatable bonds is 0. The molecule has 0 bridgehead atoms. The number of carbonyl (C=O) groups excluding carboxylic acids is 3. The first kappa shape index (κ1) is 30.0. The molecule has 6 nitrogen and oxygen atoms in total. The average Bonchev–Trinajstić information content (AvgIpc) is 1.39. The van der Waals surface area contributed by atoms with Crippen LogP contribution in [-0.2, 0) is 14.4 Å². The highest BCUT2D eigenvalue weighted by Gasteiger charge is 1.13. The lowest BCUT2D eigenvalue weighted by Crippen LogP contribution is -1.22. The first-order valence-corrected chi connectivity index (χ1v) is 0.862. The Morgan fingerprint density at radius 2 is 1.12 bits per heavy atom. The minimum absolute atomic E-state index is 0. The summed E-state index contributed by atoms with van der Waals surface area (Å²) < 4.78 is 0. The molecule has 0 unspecified atom stereocenters. The van der Waals surface area contributed by atoms with Crippen molar-refractivity contribution in [1.82, 2.24) is 6.15 Å². The van der Waals surface area contributed by atoms with E-state index in [1.807, 2.05) is 0 Å². The fraction of sp³-hybridized carbons (Fsp3) is 0. The van der Waals surface area contributed by atoms with Gasteiger partial charge in [0.25, 0.3) is 0 Å². The van der Waals surface area contributed by atoms with Crippen LogP contribution in [0.4, 0.5) is 0 Å². The van der Waals surface area contributed by atoms with Crippen molar-refractivity contribution < 1.29 is 19.9 Å². The van der Waals surface area contributed by atoms with Crippen LogP contribution in [0.2, 0.25) is 0 Å². The fourth-order valence-electron chi connectivity index (χ4n) is 0. The molecule has 0 rings (SSSR count). The lowest BCUT2D eigenvalue weighted by molar-refractivity contribution is -0.191. The molecule has 0 aromatic rings. The molecule has 0 aromatic heterocycles. The Bertz CT molecular complexity index is 66.0. The van der Waals surface area contributed by atoms with Gasteiger partial charge in [0.1, 0.15) is 0 Å². The molecule has 0 saturated carbocycles. The van der Waals surface area contributed by atoms with Crippen molar-refractivity contribution in [2.24, 2.45) is 0 Å². The molecule has 0 aliphatic heterocycles. The number of nitrogens with one attached hydrogen (secondary N) is 1. The highest BCUT2D eigenvalue weighted by molar-refractivity contribution is 5.26. The van der Waals surface area contributed by atoms with Crippen LogP contribution in [0.15, 0.2) is 0 Å². The second-order valence-electron chi connectivity index (χ2n) is 0.185. The summed E-state index contributed by atoms with van der Waals surface area (Å²) in [5, 5.41) is 5.40. The molecule has 6 N–H and O–H groups in total. The maximum absolute atomic E-state index is 8.35. The summed E-state index contributed by atoms with van der Waals surface area (Å²) in [6.45, 7) is 0. The first-order valence-electron chi connectivity index (χ1n) is 0.862. The van der Waals surface area contributed by atoms with E-state index in [9.17, 15) is 0 Å². The Balaban J connectivity index is -0.0000000160. The third-order valence-corrected chi connectivity index (χ3v) is 0. The summed E-state index contributed by atoms with van der Waals surface area (Å²) in [6.07, 6.45) is 1.00. The summed E-state index contributed by atoms with van der Waals surface area (Å²) in [7, 11) is 0. The zero-order valence-corrected chi connectivity index (χ0v) is 3.93. The van der Waals surface area contributed by atoms with E-state index in [2.05, 4.69) is 0 Å². The molecular weight excluding hydrogens is 116 g/mol. The van der Waals surface area contributed by atoms with Gasteiger partial charge in [0.05, 0.1) is 0 Å². The number of hydrogen-bond acceptors (Lipinski definition) is 5. The highest BCUT2D eigenvalue weighted by atomic mass is 16.2. The molecule has 0 fully saturated rings. The van der Waals surface area contributed by atoms with Crippen LogP contribution in [0.25, 0.3) is 0 Å². The normalized spacial score (nSPS) is 2.00. The molecule has 0 saturated heterocycles. The largest absolute Gasteiger partial charge is 0.412 e. The maximum atomic E-state index is 8.35. The highest BCUT2D eigenvalue weighted by Crippen LogP contribution is 0.868. The van der Waals surface area contributed by atoms with Gasteiger partial charge >= 0.3 is 6.15 Å². The van der Waals surface area contributed by atoms with E-state index >= 15 is 0 Å². The Labute approximate surface area is 44.9 Å². The second-order valence-corrected chi connectivity index (χ2v) is 0.185. The number of isocyanates is 1. The molecule has 6 heteroatoms. The van der Waals surface area contributed by atoms with Gasteiger partial charge in [-0.25, -0.2) is 10.2 Å². The van der Waals surface area contributed by atoms with Crippen LogP contribution >= 0.6 is 0 Å². The third kappa shape index (κ3) is 36.4. The van der Waals surface area contributed by atoms with Gasteiger partial charge in [0.2, 0.25) is 6.08 Å². The van der Waals surface area contributed by atoms with E-state index < -0.39 is 0 Å². The summed E-state index contributed by atoms with van der Waals surface area (Å²) in [4.78, 5) is 24.6. The molecule has 0 aliphatic carbocycles. The molecule has 48 valence electrons. The minimum atomic E-state index is 0. The Morgan fingerprint density at radius 3 is 1.12 bits per heavy atom. The van der Waals surface area contributed by atoms with Crippen LogP contribution in [0.5, 0.6) is 0 Å². The molecule has 0 atom stereocenters. The van der Waals surface area contributed by atoms with Crippen molar-refractivity contribution in [3.63, 3.8) is 0 Å². The van der Waals surface area contributed by atoms with Gasteiger partial charge in [-0.1, -0.05) is 0 Å². The Kier molecular flexibility index (Phi) is 1010. The van der Waals surface area contributed by atoms with Crippen molar-refractivity contribution >= 4 is 12.2 Å². The maximum Gasteiger partial charge on any atom is 0.373 e. The Morgan fingerprint density at radius 1 is 1.12 bits per heavy atom. The van der Waals surface area contributed by atoms with Crippen LogP contribution < -0.4 is 6.15 Å². The van der Waals surface area contributed by atoms with Crippen LogP contribution in [0.3, 0.4) is 0 Å². The molecule has 8 heavy (non-hydrogen) atoms. The van der Waals surface area contributed by atoms with E-state index in [-0.39, 0.29) is 17.8 Å². The molecule has 0 aromatic carbocycles. The smallest absolute Gasteiger partial charge is 0.373 e. The van der Waals surface area contributed by atoms with E-state index in [0.717, 1.165) is 6.08 Å². The van der Waals surface area contributed by atoms with Gasteiger partial charge < -0.3 is 11.6 Å². The second kappa shape index (κ2) is 269. The summed E-state index contributed by atoms with van der Waals surface area (Å²) in [5.41, 5.74) is 0. The van der Waals surface area contributed by atoms with Gasteiger partial charge in [-0.05, 0) is 0 Å². The van der Waals surface area contributed by atoms with Gasteiger partial charge in [-0.15, -0.1) is 0 Å². The topological polar surface area (TPSA) is 142 Å². The molecule has 0 radical (unpaired) electrons. The SMILES string of the molecule is N.N=C=O.O.O=C=O. The number of hydrogen-bond donors (Lipinski definition) is 2. The van der Waals surface area contributed by atoms with E-state index in [1.165, 1.54) is 0 Å². The van der Waals surface area contributed by atoms with Gasteiger partial charge in [0.15, 0.2) is 0 Å². The summed E-state index contributed by atoms with van der Waals surface area (Å²) >= 11 is 0. The summed E-state index contributed by atoms with van der Waals surface area (Å²) in [5.74, 6) is 0. The molecule has 0 spiro atoms. The Hall–Kier alpha value is -1.32. The summed E-state index contributed by atoms with van der Waals surface area (Å²) in [6, 6.07) is 0. The molecule has 0 heterocycles. The van der Waals surface area contributed by atoms with Crippen molar-refractivity contribution in [1.29, 1.82) is 5.41 Å². The lowest BCUT2D eigenvalue weighted by atomic mass is 11.7. The van der Waals surface area contributed by atoms with Crippen LogP contribution in [0, 0.1) is 5.41 Å². The monoisotopic (exact) mass is 122 g/mol. The average molecular weight is 122 g/mol. The van der Waals surface area contributed by atoms with Crippen molar-refractivity contribution in [2.75, 3.05) is 0 Å². The zero-order chi connectivity index (χ0) is 5.41. The first-order chi connectivity index (χ1) is 2.83. The standard InChI is InChI=1S/CHNO.CO2.H3N.H2O/c2*2-1-3;;/h2H;;1H3;1H2. The third-order valence-electron chi connectivity index (χ3n) is 0. The van der Waals surface area contributed by atoms with Crippen molar-refractivity contribution in [3.8, 4) is 0 Å².